The van der Waals surface area contributed by atoms with Crippen molar-refractivity contribution in [3.05, 3.63) is 65.7 Å². The first-order chi connectivity index (χ1) is 13.2. The molecule has 0 aliphatic carbocycles. The van der Waals surface area contributed by atoms with Crippen molar-refractivity contribution in [2.45, 2.75) is 38.5 Å². The van der Waals surface area contributed by atoms with Crippen LogP contribution in [0.15, 0.2) is 54.6 Å². The van der Waals surface area contributed by atoms with E-state index in [1.54, 1.807) is 7.11 Å². The van der Waals surface area contributed by atoms with Crippen LogP contribution in [0.2, 0.25) is 0 Å². The molecule has 1 saturated heterocycles. The predicted octanol–water partition coefficient (Wildman–Crippen LogP) is 4.71. The second-order valence-corrected chi connectivity index (χ2v) is 7.45. The number of hydrogen-bond donors (Lipinski definition) is 0. The second-order valence-electron chi connectivity index (χ2n) is 7.45. The lowest BCUT2D eigenvalue weighted by Gasteiger charge is -2.36. The van der Waals surface area contributed by atoms with E-state index in [4.69, 9.17) is 4.74 Å². The molecule has 3 nitrogen and oxygen atoms in total. The van der Waals surface area contributed by atoms with Gasteiger partial charge in [-0.25, -0.2) is 0 Å². The summed E-state index contributed by atoms with van der Waals surface area (Å²) in [6.45, 7) is 5.21. The molecule has 27 heavy (non-hydrogen) atoms. The van der Waals surface area contributed by atoms with Crippen LogP contribution >= 0.6 is 0 Å². The number of likely N-dealkylation sites (tertiary alicyclic amines) is 1. The van der Waals surface area contributed by atoms with Gasteiger partial charge in [0.1, 0.15) is 11.5 Å². The van der Waals surface area contributed by atoms with Crippen LogP contribution in [-0.4, -0.2) is 37.4 Å². The largest absolute Gasteiger partial charge is 0.496 e. The fourth-order valence-electron chi connectivity index (χ4n) is 4.28. The molecule has 3 rings (SSSR count). The van der Waals surface area contributed by atoms with E-state index in [0.29, 0.717) is 18.1 Å². The zero-order valence-corrected chi connectivity index (χ0v) is 16.6. The number of hydrogen-bond acceptors (Lipinski definition) is 3. The number of para-hydroxylation sites is 1. The molecule has 2 aromatic carbocycles. The van der Waals surface area contributed by atoms with E-state index < -0.39 is 0 Å². The Morgan fingerprint density at radius 3 is 2.41 bits per heavy atom. The van der Waals surface area contributed by atoms with Gasteiger partial charge in [0, 0.05) is 24.4 Å². The normalized spacial score (nSPS) is 16.8. The van der Waals surface area contributed by atoms with Gasteiger partial charge in [0.2, 0.25) is 0 Å². The van der Waals surface area contributed by atoms with Crippen LogP contribution < -0.4 is 4.74 Å². The molecule has 0 N–H and O–H groups in total. The van der Waals surface area contributed by atoms with Crippen LogP contribution in [0.3, 0.4) is 0 Å². The Bertz CT molecular complexity index is 720. The third-order valence-electron chi connectivity index (χ3n) is 5.83. The first-order valence-corrected chi connectivity index (χ1v) is 10.1. The van der Waals surface area contributed by atoms with Gasteiger partial charge >= 0.3 is 0 Å². The van der Waals surface area contributed by atoms with Crippen LogP contribution in [0.25, 0.3) is 0 Å². The number of ketones is 1. The minimum absolute atomic E-state index is 0.0394. The van der Waals surface area contributed by atoms with Crippen molar-refractivity contribution in [2.24, 2.45) is 5.92 Å². The Labute approximate surface area is 163 Å². The Balaban J connectivity index is 1.63. The highest BCUT2D eigenvalue weighted by molar-refractivity contribution is 5.86. The summed E-state index contributed by atoms with van der Waals surface area (Å²) in [6.07, 6.45) is 3.82. The van der Waals surface area contributed by atoms with E-state index in [9.17, 15) is 4.79 Å². The fraction of sp³-hybridized carbons (Fsp3) is 0.458. The highest BCUT2D eigenvalue weighted by atomic mass is 16.5. The summed E-state index contributed by atoms with van der Waals surface area (Å²) in [5.41, 5.74) is 2.46. The lowest BCUT2D eigenvalue weighted by molar-refractivity contribution is -0.121. The number of ether oxygens (including phenoxy) is 1. The van der Waals surface area contributed by atoms with Crippen molar-refractivity contribution < 1.29 is 9.53 Å². The fourth-order valence-corrected chi connectivity index (χ4v) is 4.28. The van der Waals surface area contributed by atoms with E-state index in [1.165, 1.54) is 5.56 Å². The lowest BCUT2D eigenvalue weighted by atomic mass is 9.76. The number of rotatable bonds is 8. The van der Waals surface area contributed by atoms with Gasteiger partial charge in [-0.15, -0.1) is 0 Å². The van der Waals surface area contributed by atoms with Crippen molar-refractivity contribution in [3.63, 3.8) is 0 Å². The maximum Gasteiger partial charge on any atom is 0.140 e. The first kappa shape index (κ1) is 19.6. The standard InChI is InChI=1S/C24H31NO2/c1-3-22(26)24(21-11-7-8-12-23(21)27-2)20-14-17-25(18-15-20)16-13-19-9-5-4-6-10-19/h4-12,20,24H,3,13-18H2,1-2H3. The average Bonchev–Trinajstić information content (AvgIpc) is 2.74. The molecule has 1 unspecified atom stereocenters. The van der Waals surface area contributed by atoms with Crippen molar-refractivity contribution in [2.75, 3.05) is 26.7 Å². The number of nitrogens with zero attached hydrogens (tertiary/aromatic N) is 1. The van der Waals surface area contributed by atoms with Crippen molar-refractivity contribution in [1.82, 2.24) is 4.90 Å². The maximum atomic E-state index is 12.8. The van der Waals surface area contributed by atoms with Crippen LogP contribution in [0.4, 0.5) is 0 Å². The summed E-state index contributed by atoms with van der Waals surface area (Å²) in [5.74, 6) is 1.54. The summed E-state index contributed by atoms with van der Waals surface area (Å²) in [4.78, 5) is 15.3. The Hall–Kier alpha value is -2.13. The molecule has 0 spiro atoms. The molecule has 0 bridgehead atoms. The molecule has 1 fully saturated rings. The summed E-state index contributed by atoms with van der Waals surface area (Å²) in [7, 11) is 1.69. The summed E-state index contributed by atoms with van der Waals surface area (Å²) in [6, 6.07) is 18.7. The zero-order chi connectivity index (χ0) is 19.1. The topological polar surface area (TPSA) is 29.5 Å². The van der Waals surface area contributed by atoms with E-state index >= 15 is 0 Å². The number of carbonyl (C=O) groups excluding carboxylic acids is 1. The lowest BCUT2D eigenvalue weighted by Crippen LogP contribution is -2.38. The predicted molar refractivity (Wildman–Crippen MR) is 110 cm³/mol. The van der Waals surface area contributed by atoms with Crippen LogP contribution in [0, 0.1) is 5.92 Å². The van der Waals surface area contributed by atoms with E-state index in [2.05, 4.69) is 41.3 Å². The highest BCUT2D eigenvalue weighted by Gasteiger charge is 2.33. The van der Waals surface area contributed by atoms with E-state index in [0.717, 1.165) is 50.2 Å². The number of benzene rings is 2. The maximum absolute atomic E-state index is 12.8. The number of carbonyl (C=O) groups is 1. The summed E-state index contributed by atoms with van der Waals surface area (Å²) >= 11 is 0. The minimum atomic E-state index is -0.0394. The zero-order valence-electron chi connectivity index (χ0n) is 16.6. The number of Topliss-reactive ketones (excluding diaryl/α,β-unsaturated/α-hetero) is 1. The van der Waals surface area contributed by atoms with Crippen molar-refractivity contribution in [1.29, 1.82) is 0 Å². The van der Waals surface area contributed by atoms with Gasteiger partial charge < -0.3 is 9.64 Å². The molecule has 1 heterocycles. The smallest absolute Gasteiger partial charge is 0.140 e. The van der Waals surface area contributed by atoms with Gasteiger partial charge in [-0.1, -0.05) is 55.5 Å². The molecular weight excluding hydrogens is 334 g/mol. The first-order valence-electron chi connectivity index (χ1n) is 10.1. The molecule has 3 heteroatoms. The van der Waals surface area contributed by atoms with E-state index in [1.807, 2.05) is 25.1 Å². The Morgan fingerprint density at radius 1 is 1.07 bits per heavy atom. The SMILES string of the molecule is CCC(=O)C(c1ccccc1OC)C1CCN(CCc2ccccc2)CC1. The molecule has 144 valence electrons. The third-order valence-corrected chi connectivity index (χ3v) is 5.83. The second kappa shape index (κ2) is 9.70. The summed E-state index contributed by atoms with van der Waals surface area (Å²) < 4.78 is 5.56. The highest BCUT2D eigenvalue weighted by Crippen LogP contribution is 2.38. The molecule has 2 aromatic rings. The van der Waals surface area contributed by atoms with Crippen LogP contribution in [0.1, 0.15) is 43.2 Å². The molecule has 0 saturated carbocycles. The molecular formula is C24H31NO2. The third kappa shape index (κ3) is 4.98. The average molecular weight is 366 g/mol. The van der Waals surface area contributed by atoms with E-state index in [-0.39, 0.29) is 5.92 Å². The molecule has 0 aromatic heterocycles. The molecule has 1 aliphatic rings. The Morgan fingerprint density at radius 2 is 1.74 bits per heavy atom. The molecule has 0 radical (unpaired) electrons. The molecule has 1 atom stereocenters. The number of methoxy groups -OCH3 is 1. The minimum Gasteiger partial charge on any atom is -0.496 e. The molecule has 0 amide bonds. The monoisotopic (exact) mass is 365 g/mol. The van der Waals surface area contributed by atoms with Crippen LogP contribution in [-0.2, 0) is 11.2 Å². The molecule has 1 aliphatic heterocycles. The van der Waals surface area contributed by atoms with Crippen LogP contribution in [0.5, 0.6) is 5.75 Å². The van der Waals surface area contributed by atoms with Gasteiger partial charge in [0.25, 0.3) is 0 Å². The van der Waals surface area contributed by atoms with Gasteiger partial charge in [0.15, 0.2) is 0 Å². The van der Waals surface area contributed by atoms with Crippen molar-refractivity contribution in [3.8, 4) is 5.75 Å². The van der Waals surface area contributed by atoms with Gasteiger partial charge in [-0.05, 0) is 49.9 Å². The van der Waals surface area contributed by atoms with Crippen molar-refractivity contribution >= 4 is 5.78 Å². The van der Waals surface area contributed by atoms with Gasteiger partial charge in [-0.3, -0.25) is 4.79 Å². The van der Waals surface area contributed by atoms with Gasteiger partial charge in [-0.2, -0.15) is 0 Å². The van der Waals surface area contributed by atoms with Gasteiger partial charge in [0.05, 0.1) is 7.11 Å². The Kier molecular flexibility index (Phi) is 7.05. The summed E-state index contributed by atoms with van der Waals surface area (Å²) in [5, 5.41) is 0. The number of piperidine rings is 1. The quantitative estimate of drug-likeness (QED) is 0.678.